The lowest BCUT2D eigenvalue weighted by atomic mass is 10.0. The minimum Gasteiger partial charge on any atom is -0.480 e. The Balaban J connectivity index is 3.52. The van der Waals surface area contributed by atoms with Crippen molar-refractivity contribution in [2.45, 2.75) is 122 Å². The van der Waals surface area contributed by atoms with E-state index >= 15 is 0 Å². The fraction of sp³-hybridized carbons (Fsp3) is 0.917. The van der Waals surface area contributed by atoms with Crippen LogP contribution in [0.5, 0.6) is 0 Å². The normalized spacial score (nSPS) is 13.1. The van der Waals surface area contributed by atoms with Crippen LogP contribution < -0.4 is 5.32 Å². The van der Waals surface area contributed by atoms with E-state index in [2.05, 4.69) is 12.2 Å². The highest BCUT2D eigenvalue weighted by Crippen LogP contribution is 2.14. The Kier molecular flexibility index (Phi) is 21.8. The van der Waals surface area contributed by atoms with Crippen molar-refractivity contribution in [3.63, 3.8) is 0 Å². The summed E-state index contributed by atoms with van der Waals surface area (Å²) in [4.78, 5) is 23.2. The number of carbonyl (C=O) groups is 2. The van der Waals surface area contributed by atoms with Crippen LogP contribution in [0.2, 0.25) is 0 Å². The van der Waals surface area contributed by atoms with Crippen LogP contribution >= 0.6 is 11.8 Å². The van der Waals surface area contributed by atoms with Crippen molar-refractivity contribution in [1.82, 2.24) is 5.32 Å². The van der Waals surface area contributed by atoms with Crippen molar-refractivity contribution in [1.29, 1.82) is 0 Å². The number of hydrogen-bond acceptors (Lipinski definition) is 5. The van der Waals surface area contributed by atoms with Gasteiger partial charge in [0.05, 0.1) is 12.7 Å². The number of aliphatic carboxylic acids is 1. The molecule has 0 heterocycles. The fourth-order valence-electron chi connectivity index (χ4n) is 3.47. The van der Waals surface area contributed by atoms with E-state index < -0.39 is 18.1 Å². The Morgan fingerprint density at radius 2 is 1.23 bits per heavy atom. The van der Waals surface area contributed by atoms with E-state index in [1.165, 1.54) is 88.8 Å². The molecule has 0 rings (SSSR count). The summed E-state index contributed by atoms with van der Waals surface area (Å²) in [6, 6.07) is -0.959. The highest BCUT2D eigenvalue weighted by Gasteiger charge is 2.20. The average molecular weight is 462 g/mol. The number of amides is 1. The van der Waals surface area contributed by atoms with Gasteiger partial charge < -0.3 is 20.6 Å². The van der Waals surface area contributed by atoms with E-state index in [1.54, 1.807) is 0 Å². The maximum absolute atomic E-state index is 12.0. The van der Waals surface area contributed by atoms with Crippen LogP contribution in [0.4, 0.5) is 0 Å². The van der Waals surface area contributed by atoms with Gasteiger partial charge >= 0.3 is 5.97 Å². The van der Waals surface area contributed by atoms with Crippen molar-refractivity contribution in [3.05, 3.63) is 0 Å². The summed E-state index contributed by atoms with van der Waals surface area (Å²) in [5.74, 6) is -0.882. The molecule has 0 aromatic heterocycles. The summed E-state index contributed by atoms with van der Waals surface area (Å²) in [5.41, 5.74) is 0. The maximum Gasteiger partial charge on any atom is 0.327 e. The summed E-state index contributed by atoms with van der Waals surface area (Å²) in [6.07, 6.45) is 18.5. The molecule has 0 aromatic carbocycles. The number of aliphatic hydroxyl groups is 2. The van der Waals surface area contributed by atoms with Gasteiger partial charge in [0.25, 0.3) is 0 Å². The van der Waals surface area contributed by atoms with Gasteiger partial charge in [-0.3, -0.25) is 4.79 Å². The van der Waals surface area contributed by atoms with Gasteiger partial charge in [0.2, 0.25) is 5.91 Å². The summed E-state index contributed by atoms with van der Waals surface area (Å²) in [5, 5.41) is 29.8. The molecule has 0 aliphatic carbocycles. The van der Waals surface area contributed by atoms with Crippen LogP contribution in [-0.2, 0) is 9.59 Å². The van der Waals surface area contributed by atoms with E-state index in [0.29, 0.717) is 6.42 Å². The lowest BCUT2D eigenvalue weighted by molar-refractivity contribution is -0.141. The van der Waals surface area contributed by atoms with Gasteiger partial charge in [-0.1, -0.05) is 96.8 Å². The van der Waals surface area contributed by atoms with Gasteiger partial charge in [-0.25, -0.2) is 4.79 Å². The predicted molar refractivity (Wildman–Crippen MR) is 130 cm³/mol. The first kappa shape index (κ1) is 30.2. The van der Waals surface area contributed by atoms with Gasteiger partial charge in [-0.15, -0.1) is 0 Å². The summed E-state index contributed by atoms with van der Waals surface area (Å²) >= 11 is 1.21. The van der Waals surface area contributed by atoms with Crippen LogP contribution in [0.15, 0.2) is 0 Å². The molecule has 0 fully saturated rings. The minimum atomic E-state index is -1.07. The van der Waals surface area contributed by atoms with Gasteiger partial charge in [0.1, 0.15) is 6.04 Å². The zero-order chi connectivity index (χ0) is 23.2. The second kappa shape index (κ2) is 22.4. The maximum atomic E-state index is 12.0. The number of aliphatic hydroxyl groups excluding tert-OH is 2. The molecule has 0 bridgehead atoms. The lowest BCUT2D eigenvalue weighted by Crippen LogP contribution is -2.42. The molecule has 0 aromatic rings. The third kappa shape index (κ3) is 20.8. The van der Waals surface area contributed by atoms with Crippen LogP contribution in [0.25, 0.3) is 0 Å². The van der Waals surface area contributed by atoms with Crippen molar-refractivity contribution >= 4 is 23.6 Å². The number of carbonyl (C=O) groups excluding carboxylic acids is 1. The number of rotatable bonds is 23. The van der Waals surface area contributed by atoms with Gasteiger partial charge in [-0.2, -0.15) is 11.8 Å². The molecule has 0 aliphatic heterocycles. The Morgan fingerprint density at radius 1 is 0.774 bits per heavy atom. The Morgan fingerprint density at radius 3 is 1.65 bits per heavy atom. The molecule has 0 radical (unpaired) electrons. The first-order chi connectivity index (χ1) is 15.0. The second-order valence-corrected chi connectivity index (χ2v) is 9.61. The van der Waals surface area contributed by atoms with E-state index in [0.717, 1.165) is 19.3 Å². The molecular weight excluding hydrogens is 414 g/mol. The standard InChI is InChI=1S/C24H47NO5S/c1-2-3-4-5-6-7-8-9-10-11-12-13-14-15-16-17-23(28)25-22(24(29)30)20-31-19-21(27)18-26/h21-22,26-27H,2-20H2,1H3,(H,25,28)(H,29,30)/t21-,22+/m1/s1. The Hall–Kier alpha value is -0.790. The Labute approximate surface area is 194 Å². The first-order valence-electron chi connectivity index (χ1n) is 12.4. The molecule has 0 spiro atoms. The van der Waals surface area contributed by atoms with Gasteiger partial charge in [0, 0.05) is 17.9 Å². The van der Waals surface area contributed by atoms with Crippen molar-refractivity contribution in [3.8, 4) is 0 Å². The smallest absolute Gasteiger partial charge is 0.327 e. The molecule has 0 unspecified atom stereocenters. The SMILES string of the molecule is CCCCCCCCCCCCCCCCCC(=O)N[C@@H](CSC[C@H](O)CO)C(=O)O. The molecule has 0 saturated carbocycles. The average Bonchev–Trinajstić information content (AvgIpc) is 2.75. The first-order valence-corrected chi connectivity index (χ1v) is 13.6. The molecule has 184 valence electrons. The quantitative estimate of drug-likeness (QED) is 0.161. The summed E-state index contributed by atoms with van der Waals surface area (Å²) < 4.78 is 0. The zero-order valence-corrected chi connectivity index (χ0v) is 20.5. The number of carboxylic acid groups (broad SMARTS) is 1. The number of nitrogens with one attached hydrogen (secondary N) is 1. The highest BCUT2D eigenvalue weighted by molar-refractivity contribution is 7.99. The van der Waals surface area contributed by atoms with E-state index in [4.69, 9.17) is 5.11 Å². The Bertz CT molecular complexity index is 436. The number of carboxylic acids is 1. The summed E-state index contributed by atoms with van der Waals surface area (Å²) in [6.45, 7) is 1.90. The largest absolute Gasteiger partial charge is 0.480 e. The molecule has 2 atom stereocenters. The lowest BCUT2D eigenvalue weighted by Gasteiger charge is -2.15. The van der Waals surface area contributed by atoms with Crippen LogP contribution in [0, 0.1) is 0 Å². The minimum absolute atomic E-state index is 0.178. The molecule has 1 amide bonds. The molecule has 4 N–H and O–H groups in total. The number of hydrogen-bond donors (Lipinski definition) is 4. The topological polar surface area (TPSA) is 107 Å². The van der Waals surface area contributed by atoms with Gasteiger partial charge in [-0.05, 0) is 6.42 Å². The van der Waals surface area contributed by atoms with Crippen molar-refractivity contribution < 1.29 is 24.9 Å². The molecular formula is C24H47NO5S. The summed E-state index contributed by atoms with van der Waals surface area (Å²) in [7, 11) is 0. The monoisotopic (exact) mass is 461 g/mol. The van der Waals surface area contributed by atoms with Crippen LogP contribution in [-0.4, -0.2) is 57.5 Å². The number of thioether (sulfide) groups is 1. The van der Waals surface area contributed by atoms with E-state index in [1.807, 2.05) is 0 Å². The van der Waals surface area contributed by atoms with E-state index in [9.17, 15) is 19.8 Å². The van der Waals surface area contributed by atoms with Crippen LogP contribution in [0.1, 0.15) is 110 Å². The molecule has 0 aliphatic rings. The van der Waals surface area contributed by atoms with Gasteiger partial charge in [0.15, 0.2) is 0 Å². The predicted octanol–water partition coefficient (Wildman–Crippen LogP) is 4.90. The number of unbranched alkanes of at least 4 members (excludes halogenated alkanes) is 14. The molecule has 31 heavy (non-hydrogen) atoms. The van der Waals surface area contributed by atoms with E-state index in [-0.39, 0.29) is 24.0 Å². The molecule has 0 saturated heterocycles. The van der Waals surface area contributed by atoms with Crippen LogP contribution in [0.3, 0.4) is 0 Å². The van der Waals surface area contributed by atoms with Crippen molar-refractivity contribution in [2.24, 2.45) is 0 Å². The van der Waals surface area contributed by atoms with Crippen molar-refractivity contribution in [2.75, 3.05) is 18.1 Å². The third-order valence-electron chi connectivity index (χ3n) is 5.45. The fourth-order valence-corrected chi connectivity index (χ4v) is 4.45. The second-order valence-electron chi connectivity index (χ2n) is 8.53. The highest BCUT2D eigenvalue weighted by atomic mass is 32.2. The molecule has 6 nitrogen and oxygen atoms in total. The molecule has 7 heteroatoms. The third-order valence-corrected chi connectivity index (χ3v) is 6.64. The zero-order valence-electron chi connectivity index (χ0n) is 19.7.